The van der Waals surface area contributed by atoms with Crippen LogP contribution in [-0.2, 0) is 0 Å². The van der Waals surface area contributed by atoms with Gasteiger partial charge in [0.25, 0.3) is 0 Å². The van der Waals surface area contributed by atoms with Crippen molar-refractivity contribution in [1.82, 2.24) is 4.90 Å². The molecule has 3 heteroatoms. The highest BCUT2D eigenvalue weighted by molar-refractivity contribution is 7.22. The monoisotopic (exact) mass is 264 g/mol. The van der Waals surface area contributed by atoms with E-state index in [1.807, 2.05) is 0 Å². The van der Waals surface area contributed by atoms with E-state index in [4.69, 9.17) is 0 Å². The van der Waals surface area contributed by atoms with Crippen LogP contribution in [-0.4, -0.2) is 37.3 Å². The topological polar surface area (TPSA) is 15.6 Å². The summed E-state index contributed by atoms with van der Waals surface area (Å²) in [5, 5.41) is 1.26. The standard InChI is InChI=1S/C15H25N2P/c1-5-14(16-3)9-8-13(11-12(2)18)15-7-6-10-17(15)4/h11,13-15H,3,5-7,10,18H2,1-2,4H3/b12-11+. The van der Waals surface area contributed by atoms with Gasteiger partial charge >= 0.3 is 0 Å². The predicted octanol–water partition coefficient (Wildman–Crippen LogP) is 2.96. The zero-order valence-electron chi connectivity index (χ0n) is 11.8. The molecule has 0 amide bonds. The lowest BCUT2D eigenvalue weighted by atomic mass is 9.97. The number of allylic oxidation sites excluding steroid dienone is 1. The number of nitrogens with zero attached hydrogens (tertiary/aromatic N) is 2. The Bertz CT molecular complexity index is 360. The molecule has 0 aromatic heterocycles. The molecule has 1 heterocycles. The van der Waals surface area contributed by atoms with Crippen LogP contribution >= 0.6 is 9.24 Å². The summed E-state index contributed by atoms with van der Waals surface area (Å²) in [6.45, 7) is 8.99. The van der Waals surface area contributed by atoms with Gasteiger partial charge in [-0.25, -0.2) is 0 Å². The first kappa shape index (κ1) is 15.4. The second-order valence-corrected chi connectivity index (χ2v) is 5.93. The van der Waals surface area contributed by atoms with Crippen LogP contribution < -0.4 is 0 Å². The number of hydrogen-bond acceptors (Lipinski definition) is 2. The lowest BCUT2D eigenvalue weighted by Gasteiger charge is -2.23. The van der Waals surface area contributed by atoms with Gasteiger partial charge in [-0.2, -0.15) is 0 Å². The van der Waals surface area contributed by atoms with E-state index in [1.54, 1.807) is 0 Å². The summed E-state index contributed by atoms with van der Waals surface area (Å²) in [6, 6.07) is 0.632. The average molecular weight is 264 g/mol. The van der Waals surface area contributed by atoms with Gasteiger partial charge in [0, 0.05) is 6.04 Å². The molecule has 0 radical (unpaired) electrons. The van der Waals surface area contributed by atoms with Gasteiger partial charge in [0.2, 0.25) is 0 Å². The average Bonchev–Trinajstić information content (AvgIpc) is 2.74. The molecule has 0 bridgehead atoms. The third kappa shape index (κ3) is 4.56. The molecule has 0 saturated carbocycles. The number of likely N-dealkylation sites (tertiary alicyclic amines) is 1. The number of hydrogen-bond donors (Lipinski definition) is 0. The Hall–Kier alpha value is -0.640. The van der Waals surface area contributed by atoms with Crippen molar-refractivity contribution >= 4 is 16.0 Å². The maximum Gasteiger partial charge on any atom is 0.109 e. The third-order valence-corrected chi connectivity index (χ3v) is 3.65. The Morgan fingerprint density at radius 1 is 1.61 bits per heavy atom. The molecule has 100 valence electrons. The van der Waals surface area contributed by atoms with Gasteiger partial charge < -0.3 is 4.90 Å². The molecular formula is C15H25N2P. The molecule has 2 nitrogen and oxygen atoms in total. The van der Waals surface area contributed by atoms with Crippen molar-refractivity contribution in [3.8, 4) is 11.8 Å². The summed E-state index contributed by atoms with van der Waals surface area (Å²) in [5.41, 5.74) is 0. The summed E-state index contributed by atoms with van der Waals surface area (Å²) in [5.74, 6) is 6.98. The van der Waals surface area contributed by atoms with Gasteiger partial charge in [0.15, 0.2) is 0 Å². The lowest BCUT2D eigenvalue weighted by molar-refractivity contribution is 0.284. The van der Waals surface area contributed by atoms with Gasteiger partial charge in [-0.1, -0.05) is 30.2 Å². The molecule has 4 unspecified atom stereocenters. The maximum absolute atomic E-state index is 4.04. The van der Waals surface area contributed by atoms with E-state index in [0.29, 0.717) is 12.0 Å². The maximum atomic E-state index is 4.04. The summed E-state index contributed by atoms with van der Waals surface area (Å²) in [6.07, 6.45) is 5.72. The number of rotatable bonds is 4. The van der Waals surface area contributed by atoms with Crippen LogP contribution in [0.25, 0.3) is 0 Å². The first-order valence-corrected chi connectivity index (χ1v) is 7.27. The van der Waals surface area contributed by atoms with Gasteiger partial charge in [-0.15, -0.1) is 9.24 Å². The third-order valence-electron chi connectivity index (χ3n) is 3.46. The number of aliphatic imine (C=N–C) groups is 1. The van der Waals surface area contributed by atoms with Crippen molar-refractivity contribution in [3.63, 3.8) is 0 Å². The summed E-state index contributed by atoms with van der Waals surface area (Å²) in [4.78, 5) is 6.46. The van der Waals surface area contributed by atoms with Crippen molar-refractivity contribution < 1.29 is 0 Å². The minimum absolute atomic E-state index is 0.0809. The Morgan fingerprint density at radius 3 is 2.78 bits per heavy atom. The second-order valence-electron chi connectivity index (χ2n) is 5.02. The summed E-state index contributed by atoms with van der Waals surface area (Å²) >= 11 is 0. The molecular weight excluding hydrogens is 239 g/mol. The Morgan fingerprint density at radius 2 is 2.33 bits per heavy atom. The molecule has 0 aliphatic carbocycles. The first-order chi connectivity index (χ1) is 8.58. The van der Waals surface area contributed by atoms with Crippen molar-refractivity contribution in [3.05, 3.63) is 11.4 Å². The Labute approximate surface area is 114 Å². The normalized spacial score (nSPS) is 24.2. The fourth-order valence-corrected chi connectivity index (χ4v) is 2.60. The fourth-order valence-electron chi connectivity index (χ4n) is 2.39. The van der Waals surface area contributed by atoms with Crippen LogP contribution in [0.2, 0.25) is 0 Å². The lowest BCUT2D eigenvalue weighted by Crippen LogP contribution is -2.31. The molecule has 18 heavy (non-hydrogen) atoms. The van der Waals surface area contributed by atoms with Gasteiger partial charge in [0.05, 0.1) is 5.92 Å². The second kappa shape index (κ2) is 7.72. The zero-order chi connectivity index (χ0) is 13.5. The summed E-state index contributed by atoms with van der Waals surface area (Å²) < 4.78 is 0. The van der Waals surface area contributed by atoms with Gasteiger partial charge in [-0.05, 0) is 46.5 Å². The van der Waals surface area contributed by atoms with Crippen LogP contribution in [0, 0.1) is 17.8 Å². The van der Waals surface area contributed by atoms with Crippen LogP contribution in [0.15, 0.2) is 16.4 Å². The highest BCUT2D eigenvalue weighted by Gasteiger charge is 2.26. The van der Waals surface area contributed by atoms with Crippen LogP contribution in [0.1, 0.15) is 33.1 Å². The zero-order valence-corrected chi connectivity index (χ0v) is 13.0. The molecule has 0 aromatic carbocycles. The Balaban J connectivity index is 2.85. The minimum atomic E-state index is 0.0809. The van der Waals surface area contributed by atoms with E-state index in [9.17, 15) is 0 Å². The quantitative estimate of drug-likeness (QED) is 0.433. The van der Waals surface area contributed by atoms with Crippen molar-refractivity contribution in [2.45, 2.75) is 45.2 Å². The van der Waals surface area contributed by atoms with Gasteiger partial charge in [-0.3, -0.25) is 4.99 Å². The minimum Gasteiger partial charge on any atom is -0.302 e. The van der Waals surface area contributed by atoms with E-state index < -0.39 is 0 Å². The van der Waals surface area contributed by atoms with E-state index >= 15 is 0 Å². The highest BCUT2D eigenvalue weighted by Crippen LogP contribution is 2.25. The molecule has 0 aromatic rings. The van der Waals surface area contributed by atoms with E-state index in [0.717, 1.165) is 6.42 Å². The molecule has 1 fully saturated rings. The highest BCUT2D eigenvalue weighted by atomic mass is 31.0. The van der Waals surface area contributed by atoms with Crippen LogP contribution in [0.4, 0.5) is 0 Å². The molecule has 0 N–H and O–H groups in total. The molecule has 0 spiro atoms. The predicted molar refractivity (Wildman–Crippen MR) is 84.0 cm³/mol. The van der Waals surface area contributed by atoms with E-state index in [-0.39, 0.29) is 6.04 Å². The van der Waals surface area contributed by atoms with Crippen LogP contribution in [0.3, 0.4) is 0 Å². The SMILES string of the molecule is C=NC(C#CC(/C=C(\C)P)C1CCCN1C)CC. The van der Waals surface area contributed by atoms with E-state index in [1.165, 1.54) is 24.7 Å². The summed E-state index contributed by atoms with van der Waals surface area (Å²) in [7, 11) is 4.95. The molecule has 1 saturated heterocycles. The molecule has 4 atom stereocenters. The van der Waals surface area contributed by atoms with Crippen LogP contribution in [0.5, 0.6) is 0 Å². The fraction of sp³-hybridized carbons (Fsp3) is 0.667. The van der Waals surface area contributed by atoms with E-state index in [2.05, 4.69) is 64.7 Å². The van der Waals surface area contributed by atoms with Crippen molar-refractivity contribution in [2.75, 3.05) is 13.6 Å². The molecule has 1 aliphatic heterocycles. The van der Waals surface area contributed by atoms with Gasteiger partial charge in [0.1, 0.15) is 6.04 Å². The largest absolute Gasteiger partial charge is 0.302 e. The van der Waals surface area contributed by atoms with Crippen molar-refractivity contribution in [2.24, 2.45) is 10.9 Å². The smallest absolute Gasteiger partial charge is 0.109 e. The molecule has 1 aliphatic rings. The Kier molecular flexibility index (Phi) is 6.61. The van der Waals surface area contributed by atoms with Crippen molar-refractivity contribution in [1.29, 1.82) is 0 Å². The molecule has 1 rings (SSSR count). The first-order valence-electron chi connectivity index (χ1n) is 6.69.